The fraction of sp³-hybridized carbons (Fsp3) is 0.333. The molecule has 2 aromatic rings. The molecule has 0 saturated heterocycles. The summed E-state index contributed by atoms with van der Waals surface area (Å²) in [4.78, 5) is 0. The third kappa shape index (κ3) is 2.48. The van der Waals surface area contributed by atoms with Gasteiger partial charge in [0.25, 0.3) is 0 Å². The summed E-state index contributed by atoms with van der Waals surface area (Å²) in [5, 5.41) is 7.93. The summed E-state index contributed by atoms with van der Waals surface area (Å²) < 4.78 is 20.1. The number of halogens is 1. The monoisotopic (exact) mass is 250 g/mol. The molecule has 0 fully saturated rings. The van der Waals surface area contributed by atoms with Crippen LogP contribution >= 0.6 is 0 Å². The maximum Gasteiger partial charge on any atom is 0.322 e. The lowest BCUT2D eigenvalue weighted by Crippen LogP contribution is -2.13. The van der Waals surface area contributed by atoms with E-state index in [4.69, 9.17) is 10.5 Å². The minimum Gasteiger partial charge on any atom is -0.424 e. The van der Waals surface area contributed by atoms with Crippen molar-refractivity contribution in [1.29, 1.82) is 0 Å². The second kappa shape index (κ2) is 5.14. The van der Waals surface area contributed by atoms with Crippen LogP contribution in [0.25, 0.3) is 0 Å². The molecule has 1 heterocycles. The molecular weight excluding hydrogens is 235 g/mol. The molecule has 0 amide bonds. The minimum absolute atomic E-state index is 0.219. The van der Waals surface area contributed by atoms with Gasteiger partial charge in [0.2, 0.25) is 0 Å². The van der Waals surface area contributed by atoms with Crippen molar-refractivity contribution in [2.24, 2.45) is 5.73 Å². The van der Waals surface area contributed by atoms with Gasteiger partial charge < -0.3 is 10.5 Å². The van der Waals surface area contributed by atoms with Crippen LogP contribution in [0, 0.1) is 5.82 Å². The number of nitrogens with zero attached hydrogens (tertiary/aromatic N) is 3. The molecule has 6 heteroatoms. The van der Waals surface area contributed by atoms with E-state index < -0.39 is 0 Å². The lowest BCUT2D eigenvalue weighted by molar-refractivity contribution is 0.408. The fourth-order valence-corrected chi connectivity index (χ4v) is 1.62. The van der Waals surface area contributed by atoms with Gasteiger partial charge in [-0.2, -0.15) is 0 Å². The van der Waals surface area contributed by atoms with E-state index in [-0.39, 0.29) is 11.9 Å². The van der Waals surface area contributed by atoms with Crippen molar-refractivity contribution >= 4 is 0 Å². The average molecular weight is 250 g/mol. The van der Waals surface area contributed by atoms with Gasteiger partial charge >= 0.3 is 6.01 Å². The first-order chi connectivity index (χ1) is 8.61. The molecule has 2 rings (SSSR count). The standard InChI is InChI=1S/C12H15FN4O/c1-3-17-11(8(2)14)15-16-12(17)18-10-6-4-9(13)5-7-10/h4-8H,3,14H2,1-2H3/t8-/m1/s1. The Hall–Kier alpha value is -1.95. The molecule has 1 aromatic heterocycles. The van der Waals surface area contributed by atoms with E-state index in [1.165, 1.54) is 24.3 Å². The van der Waals surface area contributed by atoms with Gasteiger partial charge in [-0.1, -0.05) is 5.10 Å². The molecule has 2 N–H and O–H groups in total. The smallest absolute Gasteiger partial charge is 0.322 e. The van der Waals surface area contributed by atoms with E-state index in [9.17, 15) is 4.39 Å². The van der Waals surface area contributed by atoms with Crippen molar-refractivity contribution < 1.29 is 9.13 Å². The van der Waals surface area contributed by atoms with Crippen LogP contribution in [0.2, 0.25) is 0 Å². The number of hydrogen-bond donors (Lipinski definition) is 1. The summed E-state index contributed by atoms with van der Waals surface area (Å²) in [6.07, 6.45) is 0. The zero-order chi connectivity index (χ0) is 13.1. The van der Waals surface area contributed by atoms with Crippen molar-refractivity contribution in [3.63, 3.8) is 0 Å². The number of rotatable bonds is 4. The predicted octanol–water partition coefficient (Wildman–Crippen LogP) is 2.25. The zero-order valence-corrected chi connectivity index (χ0v) is 10.3. The van der Waals surface area contributed by atoms with Crippen LogP contribution in [0.5, 0.6) is 11.8 Å². The van der Waals surface area contributed by atoms with Crippen LogP contribution in [0.15, 0.2) is 24.3 Å². The SMILES string of the molecule is CCn1c(Oc2ccc(F)cc2)nnc1[C@@H](C)N. The molecule has 1 atom stereocenters. The zero-order valence-electron chi connectivity index (χ0n) is 10.3. The van der Waals surface area contributed by atoms with Gasteiger partial charge in [0.15, 0.2) is 5.82 Å². The summed E-state index contributed by atoms with van der Waals surface area (Å²) >= 11 is 0. The molecule has 0 aliphatic carbocycles. The maximum absolute atomic E-state index is 12.8. The van der Waals surface area contributed by atoms with Gasteiger partial charge in [0, 0.05) is 6.54 Å². The number of nitrogens with two attached hydrogens (primary N) is 1. The van der Waals surface area contributed by atoms with Crippen molar-refractivity contribution in [3.05, 3.63) is 35.9 Å². The summed E-state index contributed by atoms with van der Waals surface area (Å²) in [5.74, 6) is 0.861. The Kier molecular flexibility index (Phi) is 3.57. The first-order valence-electron chi connectivity index (χ1n) is 5.74. The van der Waals surface area contributed by atoms with Crippen molar-refractivity contribution in [2.45, 2.75) is 26.4 Å². The molecule has 0 spiro atoms. The third-order valence-electron chi connectivity index (χ3n) is 2.49. The van der Waals surface area contributed by atoms with Crippen LogP contribution < -0.4 is 10.5 Å². The highest BCUT2D eigenvalue weighted by atomic mass is 19.1. The van der Waals surface area contributed by atoms with Gasteiger partial charge in [-0.15, -0.1) is 5.10 Å². The molecule has 0 saturated carbocycles. The van der Waals surface area contributed by atoms with Crippen LogP contribution in [0.1, 0.15) is 25.7 Å². The normalized spacial score (nSPS) is 12.4. The van der Waals surface area contributed by atoms with E-state index in [0.29, 0.717) is 24.1 Å². The molecular formula is C12H15FN4O. The number of ether oxygens (including phenoxy) is 1. The molecule has 0 radical (unpaired) electrons. The lowest BCUT2D eigenvalue weighted by atomic mass is 10.3. The Labute approximate surface area is 104 Å². The number of hydrogen-bond acceptors (Lipinski definition) is 4. The van der Waals surface area contributed by atoms with Crippen molar-refractivity contribution in [2.75, 3.05) is 0 Å². The largest absolute Gasteiger partial charge is 0.424 e. The Morgan fingerprint density at radius 3 is 2.56 bits per heavy atom. The number of aromatic nitrogens is 3. The quantitative estimate of drug-likeness (QED) is 0.903. The third-order valence-corrected chi connectivity index (χ3v) is 2.49. The predicted molar refractivity (Wildman–Crippen MR) is 64.8 cm³/mol. The second-order valence-electron chi connectivity index (χ2n) is 3.93. The molecule has 18 heavy (non-hydrogen) atoms. The molecule has 0 aliphatic rings. The van der Waals surface area contributed by atoms with Gasteiger partial charge in [-0.25, -0.2) is 4.39 Å². The lowest BCUT2D eigenvalue weighted by Gasteiger charge is -2.09. The first-order valence-corrected chi connectivity index (χ1v) is 5.74. The highest BCUT2D eigenvalue weighted by molar-refractivity contribution is 5.25. The van der Waals surface area contributed by atoms with Crippen LogP contribution in [0.3, 0.4) is 0 Å². The van der Waals surface area contributed by atoms with Gasteiger partial charge in [-0.05, 0) is 38.1 Å². The highest BCUT2D eigenvalue weighted by Gasteiger charge is 2.15. The van der Waals surface area contributed by atoms with E-state index >= 15 is 0 Å². The Balaban J connectivity index is 2.26. The summed E-state index contributed by atoms with van der Waals surface area (Å²) in [5.41, 5.74) is 5.79. The van der Waals surface area contributed by atoms with Crippen molar-refractivity contribution in [3.8, 4) is 11.8 Å². The molecule has 1 aromatic carbocycles. The van der Waals surface area contributed by atoms with E-state index in [0.717, 1.165) is 0 Å². The van der Waals surface area contributed by atoms with Crippen LogP contribution in [0.4, 0.5) is 4.39 Å². The minimum atomic E-state index is -0.310. The molecule has 0 aliphatic heterocycles. The van der Waals surface area contributed by atoms with E-state index in [1.54, 1.807) is 4.57 Å². The summed E-state index contributed by atoms with van der Waals surface area (Å²) in [6, 6.07) is 5.87. The summed E-state index contributed by atoms with van der Waals surface area (Å²) in [7, 11) is 0. The molecule has 0 bridgehead atoms. The van der Waals surface area contributed by atoms with Crippen molar-refractivity contribution in [1.82, 2.24) is 14.8 Å². The van der Waals surface area contributed by atoms with Crippen LogP contribution in [-0.4, -0.2) is 14.8 Å². The van der Waals surface area contributed by atoms with Gasteiger partial charge in [0.1, 0.15) is 11.6 Å². The molecule has 96 valence electrons. The van der Waals surface area contributed by atoms with Gasteiger partial charge in [-0.3, -0.25) is 4.57 Å². The summed E-state index contributed by atoms with van der Waals surface area (Å²) in [6.45, 7) is 4.44. The molecule has 5 nitrogen and oxygen atoms in total. The average Bonchev–Trinajstić information content (AvgIpc) is 2.75. The maximum atomic E-state index is 12.8. The first kappa shape index (κ1) is 12.5. The Morgan fingerprint density at radius 1 is 1.33 bits per heavy atom. The Morgan fingerprint density at radius 2 is 2.00 bits per heavy atom. The van der Waals surface area contributed by atoms with Gasteiger partial charge in [0.05, 0.1) is 6.04 Å². The topological polar surface area (TPSA) is 66.0 Å². The highest BCUT2D eigenvalue weighted by Crippen LogP contribution is 2.22. The second-order valence-corrected chi connectivity index (χ2v) is 3.93. The number of benzene rings is 1. The van der Waals surface area contributed by atoms with E-state index in [2.05, 4.69) is 10.2 Å². The fourth-order valence-electron chi connectivity index (χ4n) is 1.62. The van der Waals surface area contributed by atoms with Crippen LogP contribution in [-0.2, 0) is 6.54 Å². The van der Waals surface area contributed by atoms with E-state index in [1.807, 2.05) is 13.8 Å². The molecule has 0 unspecified atom stereocenters. The Bertz CT molecular complexity index is 521.